The van der Waals surface area contributed by atoms with Gasteiger partial charge in [-0.05, 0) is 12.8 Å². The molecule has 2 heterocycles. The van der Waals surface area contributed by atoms with Crippen molar-refractivity contribution >= 4 is 21.7 Å². The van der Waals surface area contributed by atoms with Gasteiger partial charge in [0.1, 0.15) is 0 Å². The van der Waals surface area contributed by atoms with Crippen LogP contribution in [0.1, 0.15) is 12.8 Å². The Morgan fingerprint density at radius 2 is 1.67 bits per heavy atom. The first kappa shape index (κ1) is 16.2. The van der Waals surface area contributed by atoms with Crippen molar-refractivity contribution in [3.63, 3.8) is 0 Å². The van der Waals surface area contributed by atoms with E-state index >= 15 is 0 Å². The van der Waals surface area contributed by atoms with Crippen molar-refractivity contribution in [3.05, 3.63) is 0 Å². The minimum atomic E-state index is -2.92. The maximum absolute atomic E-state index is 12.2. The Balaban J connectivity index is 1.76. The molecule has 120 valence electrons. The molecular weight excluding hydrogens is 296 g/mol. The van der Waals surface area contributed by atoms with Crippen molar-refractivity contribution in [2.75, 3.05) is 44.2 Å². The van der Waals surface area contributed by atoms with E-state index in [4.69, 9.17) is 5.84 Å². The van der Waals surface area contributed by atoms with Gasteiger partial charge in [-0.15, -0.1) is 0 Å². The third-order valence-electron chi connectivity index (χ3n) is 4.16. The number of carbonyl (C=O) groups is 2. The fourth-order valence-corrected chi connectivity index (χ4v) is 3.99. The van der Waals surface area contributed by atoms with Crippen molar-refractivity contribution in [2.24, 2.45) is 11.8 Å². The minimum Gasteiger partial charge on any atom is -0.342 e. The molecule has 0 aliphatic carbocycles. The highest BCUT2D eigenvalue weighted by atomic mass is 32.2. The minimum absolute atomic E-state index is 0.000838. The standard InChI is InChI=1S/C12H22N4O4S/c13-14-12(18)10-1-3-16(4-2-10)11(17)9-15-5-7-21(19,20)8-6-15/h10H,1-9,13H2,(H,14,18). The highest BCUT2D eigenvalue weighted by Crippen LogP contribution is 2.17. The molecule has 0 spiro atoms. The molecule has 2 saturated heterocycles. The molecule has 0 aromatic carbocycles. The number of piperidine rings is 1. The number of nitrogens with one attached hydrogen (secondary N) is 1. The lowest BCUT2D eigenvalue weighted by Gasteiger charge is -2.33. The molecular formula is C12H22N4O4S. The van der Waals surface area contributed by atoms with Gasteiger partial charge in [0.05, 0.1) is 18.1 Å². The van der Waals surface area contributed by atoms with Crippen LogP contribution in [0, 0.1) is 5.92 Å². The summed E-state index contributed by atoms with van der Waals surface area (Å²) in [5, 5.41) is 0. The molecule has 0 aromatic heterocycles. The van der Waals surface area contributed by atoms with Gasteiger partial charge in [-0.2, -0.15) is 0 Å². The van der Waals surface area contributed by atoms with Crippen LogP contribution in [-0.2, 0) is 19.4 Å². The zero-order valence-corrected chi connectivity index (χ0v) is 12.8. The first-order chi connectivity index (χ1) is 9.91. The number of amides is 2. The molecule has 2 rings (SSSR count). The van der Waals surface area contributed by atoms with Crippen molar-refractivity contribution in [3.8, 4) is 0 Å². The largest absolute Gasteiger partial charge is 0.342 e. The van der Waals surface area contributed by atoms with E-state index in [9.17, 15) is 18.0 Å². The Kier molecular flexibility index (Phi) is 5.17. The van der Waals surface area contributed by atoms with E-state index in [2.05, 4.69) is 5.43 Å². The molecule has 0 unspecified atom stereocenters. The van der Waals surface area contributed by atoms with E-state index in [1.807, 2.05) is 4.90 Å². The second kappa shape index (κ2) is 6.71. The number of nitrogens with zero attached hydrogens (tertiary/aromatic N) is 2. The molecule has 0 aromatic rings. The van der Waals surface area contributed by atoms with Gasteiger partial charge in [0.15, 0.2) is 9.84 Å². The summed E-state index contributed by atoms with van der Waals surface area (Å²) in [6.07, 6.45) is 1.23. The van der Waals surface area contributed by atoms with E-state index in [1.54, 1.807) is 4.90 Å². The molecule has 0 bridgehead atoms. The molecule has 9 heteroatoms. The lowest BCUT2D eigenvalue weighted by molar-refractivity contribution is -0.136. The van der Waals surface area contributed by atoms with Crippen molar-refractivity contribution in [1.29, 1.82) is 0 Å². The number of hydrogen-bond donors (Lipinski definition) is 2. The van der Waals surface area contributed by atoms with Crippen LogP contribution in [-0.4, -0.2) is 74.3 Å². The van der Waals surface area contributed by atoms with Crippen LogP contribution >= 0.6 is 0 Å². The number of rotatable bonds is 3. The van der Waals surface area contributed by atoms with Gasteiger partial charge >= 0.3 is 0 Å². The van der Waals surface area contributed by atoms with Crippen molar-refractivity contribution < 1.29 is 18.0 Å². The monoisotopic (exact) mass is 318 g/mol. The van der Waals surface area contributed by atoms with E-state index in [0.29, 0.717) is 39.0 Å². The van der Waals surface area contributed by atoms with Crippen LogP contribution in [0.2, 0.25) is 0 Å². The third-order valence-corrected chi connectivity index (χ3v) is 5.77. The van der Waals surface area contributed by atoms with Gasteiger partial charge in [0.2, 0.25) is 11.8 Å². The van der Waals surface area contributed by atoms with E-state index < -0.39 is 9.84 Å². The SMILES string of the molecule is NNC(=O)C1CCN(C(=O)CN2CCS(=O)(=O)CC2)CC1. The summed E-state index contributed by atoms with van der Waals surface area (Å²) in [6, 6.07) is 0. The maximum atomic E-state index is 12.2. The molecule has 3 N–H and O–H groups in total. The zero-order chi connectivity index (χ0) is 15.5. The predicted octanol–water partition coefficient (Wildman–Crippen LogP) is -2.05. The van der Waals surface area contributed by atoms with Gasteiger partial charge in [-0.3, -0.25) is 19.9 Å². The van der Waals surface area contributed by atoms with E-state index in [-0.39, 0.29) is 35.8 Å². The topological polar surface area (TPSA) is 113 Å². The highest BCUT2D eigenvalue weighted by molar-refractivity contribution is 7.91. The molecule has 2 aliphatic heterocycles. The first-order valence-corrected chi connectivity index (χ1v) is 8.94. The Hall–Kier alpha value is -1.19. The average Bonchev–Trinajstić information content (AvgIpc) is 2.48. The lowest BCUT2D eigenvalue weighted by atomic mass is 9.96. The summed E-state index contributed by atoms with van der Waals surface area (Å²) in [7, 11) is -2.92. The summed E-state index contributed by atoms with van der Waals surface area (Å²) in [4.78, 5) is 27.2. The normalized spacial score (nSPS) is 23.8. The second-order valence-electron chi connectivity index (χ2n) is 5.59. The van der Waals surface area contributed by atoms with Gasteiger partial charge < -0.3 is 4.90 Å². The van der Waals surface area contributed by atoms with Crippen LogP contribution in [0.15, 0.2) is 0 Å². The summed E-state index contributed by atoms with van der Waals surface area (Å²) in [5.74, 6) is 5.05. The molecule has 0 atom stereocenters. The Labute approximate surface area is 124 Å². The molecule has 0 radical (unpaired) electrons. The van der Waals surface area contributed by atoms with Crippen molar-refractivity contribution in [1.82, 2.24) is 15.2 Å². The molecule has 21 heavy (non-hydrogen) atoms. The average molecular weight is 318 g/mol. The maximum Gasteiger partial charge on any atom is 0.237 e. The molecule has 2 aliphatic rings. The van der Waals surface area contributed by atoms with Crippen LogP contribution < -0.4 is 11.3 Å². The Morgan fingerprint density at radius 3 is 2.19 bits per heavy atom. The van der Waals surface area contributed by atoms with Crippen LogP contribution in [0.3, 0.4) is 0 Å². The van der Waals surface area contributed by atoms with Gasteiger partial charge in [-0.1, -0.05) is 0 Å². The van der Waals surface area contributed by atoms with Crippen LogP contribution in [0.5, 0.6) is 0 Å². The fraction of sp³-hybridized carbons (Fsp3) is 0.833. The quantitative estimate of drug-likeness (QED) is 0.352. The molecule has 8 nitrogen and oxygen atoms in total. The summed E-state index contributed by atoms with van der Waals surface area (Å²) in [5.41, 5.74) is 2.14. The second-order valence-corrected chi connectivity index (χ2v) is 7.90. The Morgan fingerprint density at radius 1 is 1.10 bits per heavy atom. The smallest absolute Gasteiger partial charge is 0.237 e. The molecule has 2 amide bonds. The van der Waals surface area contributed by atoms with Crippen LogP contribution in [0.25, 0.3) is 0 Å². The third kappa shape index (κ3) is 4.39. The first-order valence-electron chi connectivity index (χ1n) is 7.12. The molecule has 2 fully saturated rings. The lowest BCUT2D eigenvalue weighted by Crippen LogP contribution is -2.49. The number of nitrogens with two attached hydrogens (primary N) is 1. The number of hydrazine groups is 1. The number of sulfone groups is 1. The van der Waals surface area contributed by atoms with Gasteiger partial charge in [0, 0.05) is 32.1 Å². The summed E-state index contributed by atoms with van der Waals surface area (Å²) in [6.45, 7) is 2.18. The molecule has 0 saturated carbocycles. The van der Waals surface area contributed by atoms with Gasteiger partial charge in [-0.25, -0.2) is 14.3 Å². The van der Waals surface area contributed by atoms with Crippen LogP contribution in [0.4, 0.5) is 0 Å². The Bertz CT molecular complexity index is 485. The number of hydrogen-bond acceptors (Lipinski definition) is 6. The highest BCUT2D eigenvalue weighted by Gasteiger charge is 2.29. The fourth-order valence-electron chi connectivity index (χ4n) is 2.71. The van der Waals surface area contributed by atoms with E-state index in [0.717, 1.165) is 0 Å². The number of likely N-dealkylation sites (tertiary alicyclic amines) is 1. The summed E-state index contributed by atoms with van der Waals surface area (Å²) < 4.78 is 22.7. The van der Waals surface area contributed by atoms with E-state index in [1.165, 1.54) is 0 Å². The van der Waals surface area contributed by atoms with Gasteiger partial charge in [0.25, 0.3) is 0 Å². The van der Waals surface area contributed by atoms with Crippen molar-refractivity contribution in [2.45, 2.75) is 12.8 Å². The number of carbonyl (C=O) groups excluding carboxylic acids is 2. The predicted molar refractivity (Wildman–Crippen MR) is 76.7 cm³/mol. The summed E-state index contributed by atoms with van der Waals surface area (Å²) >= 11 is 0. The zero-order valence-electron chi connectivity index (χ0n) is 12.0.